The number of aliphatic hydroxyl groups excluding tert-OH is 1. The quantitative estimate of drug-likeness (QED) is 0.728. The summed E-state index contributed by atoms with van der Waals surface area (Å²) in [7, 11) is 0. The molecule has 1 heterocycles. The van der Waals surface area contributed by atoms with Gasteiger partial charge in [0.25, 0.3) is 0 Å². The largest absolute Gasteiger partial charge is 0.488 e. The summed E-state index contributed by atoms with van der Waals surface area (Å²) >= 11 is 0. The van der Waals surface area contributed by atoms with Crippen LogP contribution in [0.15, 0.2) is 48.7 Å². The van der Waals surface area contributed by atoms with Crippen LogP contribution < -0.4 is 10.1 Å². The van der Waals surface area contributed by atoms with Crippen molar-refractivity contribution in [2.45, 2.75) is 12.5 Å². The molecule has 5 heteroatoms. The van der Waals surface area contributed by atoms with Crippen molar-refractivity contribution in [1.82, 2.24) is 10.3 Å². The highest BCUT2D eigenvalue weighted by molar-refractivity contribution is 5.23. The second-order valence-corrected chi connectivity index (χ2v) is 4.67. The molecule has 0 saturated heterocycles. The van der Waals surface area contributed by atoms with Crippen molar-refractivity contribution in [3.63, 3.8) is 0 Å². The Morgan fingerprint density at radius 2 is 2.00 bits per heavy atom. The minimum Gasteiger partial charge on any atom is -0.488 e. The molecule has 0 fully saturated rings. The Bertz CT molecular complexity index is 537. The molecule has 0 saturated carbocycles. The van der Waals surface area contributed by atoms with Crippen LogP contribution in [0.1, 0.15) is 5.69 Å². The maximum Gasteiger partial charge on any atom is 0.165 e. The van der Waals surface area contributed by atoms with Gasteiger partial charge in [-0.1, -0.05) is 18.2 Å². The van der Waals surface area contributed by atoms with Crippen molar-refractivity contribution in [1.29, 1.82) is 0 Å². The fourth-order valence-corrected chi connectivity index (χ4v) is 1.84. The van der Waals surface area contributed by atoms with E-state index >= 15 is 0 Å². The maximum atomic E-state index is 13.3. The van der Waals surface area contributed by atoms with Gasteiger partial charge in [0.05, 0.1) is 0 Å². The van der Waals surface area contributed by atoms with E-state index in [0.29, 0.717) is 13.1 Å². The zero-order valence-electron chi connectivity index (χ0n) is 11.7. The van der Waals surface area contributed by atoms with E-state index in [-0.39, 0.29) is 12.4 Å². The number of hydrogen-bond acceptors (Lipinski definition) is 4. The Balaban J connectivity index is 1.62. The number of aromatic nitrogens is 1. The van der Waals surface area contributed by atoms with E-state index in [1.807, 2.05) is 18.2 Å². The van der Waals surface area contributed by atoms with E-state index in [9.17, 15) is 9.50 Å². The minimum absolute atomic E-state index is 0.0531. The third kappa shape index (κ3) is 5.49. The molecule has 2 aromatic rings. The molecule has 4 nitrogen and oxygen atoms in total. The number of nitrogens with zero attached hydrogens (tertiary/aromatic N) is 1. The molecule has 1 aromatic carbocycles. The molecule has 2 rings (SSSR count). The van der Waals surface area contributed by atoms with Crippen LogP contribution in [-0.2, 0) is 6.42 Å². The standard InChI is InChI=1S/C16H19FN2O2/c17-15-6-1-2-7-16(15)21-12-14(20)11-18-10-8-13-5-3-4-9-19-13/h1-7,9,14,18,20H,8,10-12H2. The van der Waals surface area contributed by atoms with Crippen LogP contribution in [0, 0.1) is 5.82 Å². The molecular formula is C16H19FN2O2. The van der Waals surface area contributed by atoms with Crippen molar-refractivity contribution >= 4 is 0 Å². The first-order valence-corrected chi connectivity index (χ1v) is 6.91. The number of benzene rings is 1. The Labute approximate surface area is 123 Å². The summed E-state index contributed by atoms with van der Waals surface area (Å²) in [6.45, 7) is 1.16. The highest BCUT2D eigenvalue weighted by atomic mass is 19.1. The molecule has 2 N–H and O–H groups in total. The van der Waals surface area contributed by atoms with Crippen LogP contribution in [0.5, 0.6) is 5.75 Å². The van der Waals surface area contributed by atoms with E-state index in [0.717, 1.165) is 12.1 Å². The summed E-state index contributed by atoms with van der Waals surface area (Å²) in [5.74, 6) is -0.266. The number of para-hydroxylation sites is 1. The highest BCUT2D eigenvalue weighted by Crippen LogP contribution is 2.15. The van der Waals surface area contributed by atoms with Gasteiger partial charge >= 0.3 is 0 Å². The minimum atomic E-state index is -0.687. The van der Waals surface area contributed by atoms with E-state index < -0.39 is 11.9 Å². The van der Waals surface area contributed by atoms with Crippen LogP contribution in [0.3, 0.4) is 0 Å². The Hall–Kier alpha value is -1.98. The van der Waals surface area contributed by atoms with Crippen LogP contribution in [0.4, 0.5) is 4.39 Å². The first-order valence-electron chi connectivity index (χ1n) is 6.91. The summed E-state index contributed by atoms with van der Waals surface area (Å²) in [6.07, 6.45) is 1.86. The van der Waals surface area contributed by atoms with E-state index in [2.05, 4.69) is 10.3 Å². The molecule has 1 unspecified atom stereocenters. The van der Waals surface area contributed by atoms with Crippen molar-refractivity contribution in [3.05, 3.63) is 60.2 Å². The Morgan fingerprint density at radius 3 is 2.76 bits per heavy atom. The molecule has 0 radical (unpaired) electrons. The third-order valence-corrected chi connectivity index (χ3v) is 2.93. The van der Waals surface area contributed by atoms with Gasteiger partial charge in [0.2, 0.25) is 0 Å². The molecule has 0 aliphatic carbocycles. The fourth-order valence-electron chi connectivity index (χ4n) is 1.84. The zero-order valence-corrected chi connectivity index (χ0v) is 11.7. The molecule has 0 amide bonds. The number of hydrogen-bond donors (Lipinski definition) is 2. The summed E-state index contributed by atoms with van der Waals surface area (Å²) in [5.41, 5.74) is 1.00. The van der Waals surface area contributed by atoms with Gasteiger partial charge in [-0.25, -0.2) is 4.39 Å². The van der Waals surface area contributed by atoms with E-state index in [4.69, 9.17) is 4.74 Å². The number of halogens is 1. The number of ether oxygens (including phenoxy) is 1. The molecule has 0 aliphatic heterocycles. The zero-order chi connectivity index (χ0) is 14.9. The topological polar surface area (TPSA) is 54.4 Å². The monoisotopic (exact) mass is 290 g/mol. The molecule has 0 bridgehead atoms. The molecule has 1 atom stereocenters. The normalized spacial score (nSPS) is 12.1. The predicted molar refractivity (Wildman–Crippen MR) is 78.7 cm³/mol. The lowest BCUT2D eigenvalue weighted by Gasteiger charge is -2.13. The predicted octanol–water partition coefficient (Wildman–Crippen LogP) is 1.79. The van der Waals surface area contributed by atoms with Crippen molar-refractivity contribution in [3.8, 4) is 5.75 Å². The van der Waals surface area contributed by atoms with Gasteiger partial charge in [-0.05, 0) is 24.3 Å². The van der Waals surface area contributed by atoms with Gasteiger partial charge in [-0.3, -0.25) is 4.98 Å². The van der Waals surface area contributed by atoms with Crippen molar-refractivity contribution < 1.29 is 14.2 Å². The fraction of sp³-hybridized carbons (Fsp3) is 0.312. The lowest BCUT2D eigenvalue weighted by Crippen LogP contribution is -2.32. The van der Waals surface area contributed by atoms with Gasteiger partial charge in [0.1, 0.15) is 12.7 Å². The van der Waals surface area contributed by atoms with Crippen molar-refractivity contribution in [2.24, 2.45) is 0 Å². The first kappa shape index (κ1) is 15.4. The molecule has 0 aliphatic rings. The molecular weight excluding hydrogens is 271 g/mol. The van der Waals surface area contributed by atoms with Crippen LogP contribution in [0.25, 0.3) is 0 Å². The second kappa shape index (κ2) is 8.34. The van der Waals surface area contributed by atoms with Crippen LogP contribution in [0.2, 0.25) is 0 Å². The lowest BCUT2D eigenvalue weighted by molar-refractivity contribution is 0.104. The van der Waals surface area contributed by atoms with Crippen LogP contribution >= 0.6 is 0 Å². The Kier molecular flexibility index (Phi) is 6.12. The number of nitrogens with one attached hydrogen (secondary N) is 1. The summed E-state index contributed by atoms with van der Waals surface area (Å²) in [4.78, 5) is 4.21. The number of aliphatic hydroxyl groups is 1. The third-order valence-electron chi connectivity index (χ3n) is 2.93. The average molecular weight is 290 g/mol. The van der Waals surface area contributed by atoms with E-state index in [1.165, 1.54) is 12.1 Å². The van der Waals surface area contributed by atoms with Crippen LogP contribution in [-0.4, -0.2) is 35.9 Å². The van der Waals surface area contributed by atoms with Crippen molar-refractivity contribution in [2.75, 3.05) is 19.7 Å². The van der Waals surface area contributed by atoms with Gasteiger partial charge in [0, 0.05) is 31.4 Å². The second-order valence-electron chi connectivity index (χ2n) is 4.67. The maximum absolute atomic E-state index is 13.3. The summed E-state index contributed by atoms with van der Waals surface area (Å²) < 4.78 is 18.5. The molecule has 112 valence electrons. The SMILES string of the molecule is OC(CNCCc1ccccn1)COc1ccccc1F. The number of pyridine rings is 1. The first-order chi connectivity index (χ1) is 10.3. The molecule has 1 aromatic heterocycles. The lowest BCUT2D eigenvalue weighted by atomic mass is 10.2. The average Bonchev–Trinajstić information content (AvgIpc) is 2.52. The van der Waals surface area contributed by atoms with Gasteiger partial charge in [-0.2, -0.15) is 0 Å². The smallest absolute Gasteiger partial charge is 0.165 e. The van der Waals surface area contributed by atoms with Gasteiger partial charge in [-0.15, -0.1) is 0 Å². The molecule has 0 spiro atoms. The number of rotatable bonds is 8. The molecule has 21 heavy (non-hydrogen) atoms. The highest BCUT2D eigenvalue weighted by Gasteiger charge is 2.07. The van der Waals surface area contributed by atoms with Gasteiger partial charge in [0.15, 0.2) is 11.6 Å². The van der Waals surface area contributed by atoms with Gasteiger partial charge < -0.3 is 15.2 Å². The Morgan fingerprint density at radius 1 is 1.19 bits per heavy atom. The summed E-state index contributed by atoms with van der Waals surface area (Å²) in [5, 5.41) is 12.9. The summed E-state index contributed by atoms with van der Waals surface area (Å²) in [6, 6.07) is 11.9. The van der Waals surface area contributed by atoms with E-state index in [1.54, 1.807) is 18.3 Å².